The molecule has 4 nitrogen and oxygen atoms in total. The number of anilines is 1. The second-order valence-corrected chi connectivity index (χ2v) is 4.57. The Morgan fingerprint density at radius 2 is 2.18 bits per heavy atom. The van der Waals surface area contributed by atoms with Crippen LogP contribution in [-0.2, 0) is 0 Å². The van der Waals surface area contributed by atoms with Gasteiger partial charge >= 0.3 is 0 Å². The molecule has 0 aliphatic carbocycles. The minimum absolute atomic E-state index is 0.284. The van der Waals surface area contributed by atoms with E-state index in [1.54, 1.807) is 30.3 Å². The highest BCUT2D eigenvalue weighted by atomic mass is 79.9. The topological polar surface area (TPSA) is 54.9 Å². The summed E-state index contributed by atoms with van der Waals surface area (Å²) >= 11 is 9.13. The summed E-state index contributed by atoms with van der Waals surface area (Å²) in [4.78, 5) is 11.9. The molecular formula is C11H7BrClN3O. The van der Waals surface area contributed by atoms with Crippen molar-refractivity contribution in [2.24, 2.45) is 0 Å². The molecule has 0 saturated carbocycles. The minimum Gasteiger partial charge on any atom is -0.305 e. The van der Waals surface area contributed by atoms with Gasteiger partial charge in [-0.3, -0.25) is 4.79 Å². The molecule has 1 N–H and O–H groups in total. The summed E-state index contributed by atoms with van der Waals surface area (Å²) < 4.78 is 0.745. The number of halogens is 2. The van der Waals surface area contributed by atoms with Crippen molar-refractivity contribution in [3.8, 4) is 0 Å². The van der Waals surface area contributed by atoms with Gasteiger partial charge in [0.1, 0.15) is 0 Å². The highest BCUT2D eigenvalue weighted by Crippen LogP contribution is 2.20. The maximum absolute atomic E-state index is 11.9. The first kappa shape index (κ1) is 12.0. The SMILES string of the molecule is O=C(Nc1cccnn1)c1cc(Cl)cc(Br)c1. The van der Waals surface area contributed by atoms with Crippen LogP contribution < -0.4 is 5.32 Å². The predicted octanol–water partition coefficient (Wildman–Crippen LogP) is 3.14. The van der Waals surface area contributed by atoms with Crippen LogP contribution in [0.3, 0.4) is 0 Å². The zero-order valence-corrected chi connectivity index (χ0v) is 10.9. The van der Waals surface area contributed by atoms with Gasteiger partial charge in [0, 0.05) is 21.3 Å². The average molecular weight is 313 g/mol. The molecule has 0 atom stereocenters. The summed E-state index contributed by atoms with van der Waals surface area (Å²) in [5.74, 6) is 0.113. The average Bonchev–Trinajstić information content (AvgIpc) is 2.29. The van der Waals surface area contributed by atoms with Gasteiger partial charge in [0.25, 0.3) is 5.91 Å². The van der Waals surface area contributed by atoms with Crippen molar-refractivity contribution < 1.29 is 4.79 Å². The third-order valence-electron chi connectivity index (χ3n) is 1.94. The Labute approximate surface area is 111 Å². The van der Waals surface area contributed by atoms with E-state index in [1.807, 2.05) is 0 Å². The maximum atomic E-state index is 11.9. The standard InChI is InChI=1S/C11H7BrClN3O/c12-8-4-7(5-9(13)6-8)11(17)15-10-2-1-3-14-16-10/h1-6H,(H,15,16,17). The minimum atomic E-state index is -0.284. The lowest BCUT2D eigenvalue weighted by molar-refractivity contribution is 0.102. The van der Waals surface area contributed by atoms with Gasteiger partial charge < -0.3 is 5.32 Å². The molecule has 86 valence electrons. The van der Waals surface area contributed by atoms with E-state index in [4.69, 9.17) is 11.6 Å². The van der Waals surface area contributed by atoms with Crippen LogP contribution in [0.5, 0.6) is 0 Å². The first-order valence-electron chi connectivity index (χ1n) is 4.70. The van der Waals surface area contributed by atoms with Gasteiger partial charge in [-0.1, -0.05) is 27.5 Å². The molecule has 0 aliphatic rings. The van der Waals surface area contributed by atoms with Crippen LogP contribution in [-0.4, -0.2) is 16.1 Å². The molecule has 0 fully saturated rings. The summed E-state index contributed by atoms with van der Waals surface area (Å²) in [6.45, 7) is 0. The summed E-state index contributed by atoms with van der Waals surface area (Å²) in [6, 6.07) is 8.32. The Hall–Kier alpha value is -1.46. The lowest BCUT2D eigenvalue weighted by Crippen LogP contribution is -2.13. The first-order chi connectivity index (χ1) is 8.15. The third kappa shape index (κ3) is 3.25. The van der Waals surface area contributed by atoms with Crippen LogP contribution in [0.25, 0.3) is 0 Å². The largest absolute Gasteiger partial charge is 0.305 e. The van der Waals surface area contributed by atoms with E-state index in [0.717, 1.165) is 4.47 Å². The van der Waals surface area contributed by atoms with E-state index in [1.165, 1.54) is 6.20 Å². The molecule has 1 amide bonds. The highest BCUT2D eigenvalue weighted by molar-refractivity contribution is 9.10. The van der Waals surface area contributed by atoms with Crippen molar-refractivity contribution in [1.29, 1.82) is 0 Å². The normalized spacial score (nSPS) is 10.0. The molecule has 0 spiro atoms. The van der Waals surface area contributed by atoms with E-state index in [0.29, 0.717) is 16.4 Å². The van der Waals surface area contributed by atoms with Gasteiger partial charge in [-0.15, -0.1) is 5.10 Å². The summed E-state index contributed by atoms with van der Waals surface area (Å²) in [5.41, 5.74) is 0.454. The molecule has 1 aromatic carbocycles. The maximum Gasteiger partial charge on any atom is 0.256 e. The van der Waals surface area contributed by atoms with Crippen molar-refractivity contribution in [1.82, 2.24) is 10.2 Å². The van der Waals surface area contributed by atoms with Crippen LogP contribution in [0, 0.1) is 0 Å². The number of nitrogens with zero attached hydrogens (tertiary/aromatic N) is 2. The molecule has 17 heavy (non-hydrogen) atoms. The fraction of sp³-hybridized carbons (Fsp3) is 0. The fourth-order valence-electron chi connectivity index (χ4n) is 1.24. The fourth-order valence-corrected chi connectivity index (χ4v) is 2.10. The molecule has 0 aliphatic heterocycles. The molecule has 0 unspecified atom stereocenters. The lowest BCUT2D eigenvalue weighted by Gasteiger charge is -2.04. The number of carbonyl (C=O) groups is 1. The third-order valence-corrected chi connectivity index (χ3v) is 2.61. The van der Waals surface area contributed by atoms with Crippen molar-refractivity contribution in [3.63, 3.8) is 0 Å². The second-order valence-electron chi connectivity index (χ2n) is 3.22. The summed E-state index contributed by atoms with van der Waals surface area (Å²) in [6.07, 6.45) is 1.53. The van der Waals surface area contributed by atoms with Crippen molar-refractivity contribution in [2.75, 3.05) is 5.32 Å². The van der Waals surface area contributed by atoms with Gasteiger partial charge in [-0.05, 0) is 30.3 Å². The quantitative estimate of drug-likeness (QED) is 0.927. The van der Waals surface area contributed by atoms with Gasteiger partial charge in [-0.2, -0.15) is 5.10 Å². The molecular weight excluding hydrogens is 305 g/mol. The predicted molar refractivity (Wildman–Crippen MR) is 69.1 cm³/mol. The Morgan fingerprint density at radius 3 is 2.82 bits per heavy atom. The Balaban J connectivity index is 2.20. The number of carbonyl (C=O) groups excluding carboxylic acids is 1. The second kappa shape index (κ2) is 5.25. The number of amides is 1. The molecule has 0 saturated heterocycles. The molecule has 2 rings (SSSR count). The molecule has 2 aromatic rings. The molecule has 1 aromatic heterocycles. The number of rotatable bonds is 2. The smallest absolute Gasteiger partial charge is 0.256 e. The van der Waals surface area contributed by atoms with Gasteiger partial charge in [-0.25, -0.2) is 0 Å². The van der Waals surface area contributed by atoms with Gasteiger partial charge in [0.15, 0.2) is 5.82 Å². The lowest BCUT2D eigenvalue weighted by atomic mass is 10.2. The molecule has 0 radical (unpaired) electrons. The van der Waals surface area contributed by atoms with Crippen molar-refractivity contribution >= 4 is 39.3 Å². The monoisotopic (exact) mass is 311 g/mol. The number of hydrogen-bond donors (Lipinski definition) is 1. The van der Waals surface area contributed by atoms with E-state index in [-0.39, 0.29) is 5.91 Å². The number of benzene rings is 1. The van der Waals surface area contributed by atoms with E-state index in [2.05, 4.69) is 31.4 Å². The zero-order valence-electron chi connectivity index (χ0n) is 8.52. The van der Waals surface area contributed by atoms with E-state index < -0.39 is 0 Å². The molecule has 6 heteroatoms. The van der Waals surface area contributed by atoms with Crippen LogP contribution >= 0.6 is 27.5 Å². The van der Waals surface area contributed by atoms with Crippen LogP contribution in [0.15, 0.2) is 41.0 Å². The highest BCUT2D eigenvalue weighted by Gasteiger charge is 2.08. The Morgan fingerprint density at radius 1 is 1.35 bits per heavy atom. The molecule has 1 heterocycles. The van der Waals surface area contributed by atoms with Gasteiger partial charge in [0.05, 0.1) is 0 Å². The van der Waals surface area contributed by atoms with Crippen LogP contribution in [0.2, 0.25) is 5.02 Å². The van der Waals surface area contributed by atoms with Crippen molar-refractivity contribution in [2.45, 2.75) is 0 Å². The molecule has 0 bridgehead atoms. The van der Waals surface area contributed by atoms with E-state index in [9.17, 15) is 4.79 Å². The van der Waals surface area contributed by atoms with Gasteiger partial charge in [0.2, 0.25) is 0 Å². The van der Waals surface area contributed by atoms with Crippen LogP contribution in [0.1, 0.15) is 10.4 Å². The van der Waals surface area contributed by atoms with E-state index >= 15 is 0 Å². The van der Waals surface area contributed by atoms with Crippen LogP contribution in [0.4, 0.5) is 5.82 Å². The first-order valence-corrected chi connectivity index (χ1v) is 5.87. The number of nitrogens with one attached hydrogen (secondary N) is 1. The summed E-state index contributed by atoms with van der Waals surface area (Å²) in [5, 5.41) is 10.5. The Kier molecular flexibility index (Phi) is 3.71. The van der Waals surface area contributed by atoms with Crippen molar-refractivity contribution in [3.05, 3.63) is 51.6 Å². The summed E-state index contributed by atoms with van der Waals surface area (Å²) in [7, 11) is 0. The number of hydrogen-bond acceptors (Lipinski definition) is 3. The Bertz CT molecular complexity index is 527. The zero-order chi connectivity index (χ0) is 12.3. The number of aromatic nitrogens is 2.